The Bertz CT molecular complexity index is 872. The Balaban J connectivity index is 1.77. The second-order valence-electron chi connectivity index (χ2n) is 5.26. The molecule has 1 aromatic heterocycles. The summed E-state index contributed by atoms with van der Waals surface area (Å²) in [6.07, 6.45) is 1.76. The fraction of sp³-hybridized carbons (Fsp3) is 0.111. The molecule has 0 unspecified atom stereocenters. The number of halogens is 1. The summed E-state index contributed by atoms with van der Waals surface area (Å²) in [6.45, 7) is 1.94. The molecule has 0 saturated carbocycles. The van der Waals surface area contributed by atoms with Crippen LogP contribution in [0.2, 0.25) is 0 Å². The monoisotopic (exact) mass is 385 g/mol. The Kier molecular flexibility index (Phi) is 4.66. The predicted octanol–water partition coefficient (Wildman–Crippen LogP) is 4.20. The minimum Gasteiger partial charge on any atom is -0.497 e. The maximum absolute atomic E-state index is 12.4. The third-order valence-corrected chi connectivity index (χ3v) is 4.09. The fourth-order valence-electron chi connectivity index (χ4n) is 2.28. The number of aryl methyl sites for hydroxylation is 1. The number of carbonyl (C=O) groups is 1. The summed E-state index contributed by atoms with van der Waals surface area (Å²) in [5, 5.41) is 7.22. The van der Waals surface area contributed by atoms with E-state index in [9.17, 15) is 4.79 Å². The van der Waals surface area contributed by atoms with E-state index in [2.05, 4.69) is 26.3 Å². The van der Waals surface area contributed by atoms with E-state index in [0.29, 0.717) is 5.69 Å². The molecule has 2 aromatic carbocycles. The van der Waals surface area contributed by atoms with E-state index < -0.39 is 0 Å². The highest BCUT2D eigenvalue weighted by Gasteiger charge is 2.12. The van der Waals surface area contributed by atoms with Gasteiger partial charge in [0.25, 0.3) is 5.91 Å². The van der Waals surface area contributed by atoms with Crippen LogP contribution >= 0.6 is 15.9 Å². The number of amides is 1. The molecule has 0 radical (unpaired) electrons. The average molecular weight is 386 g/mol. The molecule has 0 atom stereocenters. The van der Waals surface area contributed by atoms with Gasteiger partial charge in [-0.1, -0.05) is 15.9 Å². The van der Waals surface area contributed by atoms with Crippen LogP contribution in [0.5, 0.6) is 5.75 Å². The highest BCUT2D eigenvalue weighted by molar-refractivity contribution is 9.10. The Morgan fingerprint density at radius 2 is 1.92 bits per heavy atom. The molecule has 0 saturated heterocycles. The molecular formula is C18H16BrN3O2. The molecule has 0 bridgehead atoms. The second kappa shape index (κ2) is 6.88. The zero-order valence-corrected chi connectivity index (χ0v) is 14.9. The van der Waals surface area contributed by atoms with Crippen molar-refractivity contribution in [3.8, 4) is 11.4 Å². The van der Waals surface area contributed by atoms with Crippen molar-refractivity contribution in [3.63, 3.8) is 0 Å². The summed E-state index contributed by atoms with van der Waals surface area (Å²) in [5.74, 6) is 0.530. The summed E-state index contributed by atoms with van der Waals surface area (Å²) >= 11 is 3.41. The Labute approximate surface area is 148 Å². The van der Waals surface area contributed by atoms with Crippen LogP contribution in [0.15, 0.2) is 59.2 Å². The van der Waals surface area contributed by atoms with Crippen LogP contribution in [0.1, 0.15) is 16.1 Å². The average Bonchev–Trinajstić information content (AvgIpc) is 3.07. The van der Waals surface area contributed by atoms with Crippen molar-refractivity contribution >= 4 is 27.5 Å². The minimum absolute atomic E-state index is 0.243. The van der Waals surface area contributed by atoms with Crippen molar-refractivity contribution in [1.29, 1.82) is 0 Å². The van der Waals surface area contributed by atoms with E-state index in [-0.39, 0.29) is 5.91 Å². The first-order valence-electron chi connectivity index (χ1n) is 7.34. The van der Waals surface area contributed by atoms with Gasteiger partial charge in [-0.05, 0) is 61.0 Å². The maximum atomic E-state index is 12.4. The number of rotatable bonds is 4. The minimum atomic E-state index is -0.243. The number of benzene rings is 2. The van der Waals surface area contributed by atoms with Gasteiger partial charge in [0.1, 0.15) is 5.75 Å². The number of ether oxygens (including phenoxy) is 1. The number of nitrogens with one attached hydrogen (secondary N) is 1. The topological polar surface area (TPSA) is 56.1 Å². The predicted molar refractivity (Wildman–Crippen MR) is 96.9 cm³/mol. The Morgan fingerprint density at radius 1 is 1.17 bits per heavy atom. The molecule has 6 heteroatoms. The van der Waals surface area contributed by atoms with Gasteiger partial charge < -0.3 is 10.1 Å². The third kappa shape index (κ3) is 3.49. The van der Waals surface area contributed by atoms with Gasteiger partial charge >= 0.3 is 0 Å². The van der Waals surface area contributed by atoms with Crippen molar-refractivity contribution in [1.82, 2.24) is 9.78 Å². The highest BCUT2D eigenvalue weighted by atomic mass is 79.9. The van der Waals surface area contributed by atoms with E-state index in [4.69, 9.17) is 4.74 Å². The molecule has 0 aliphatic rings. The molecule has 5 nitrogen and oxygen atoms in total. The van der Waals surface area contributed by atoms with Gasteiger partial charge in [-0.15, -0.1) is 0 Å². The van der Waals surface area contributed by atoms with E-state index in [0.717, 1.165) is 27.2 Å². The fourth-order valence-corrected chi connectivity index (χ4v) is 2.75. The van der Waals surface area contributed by atoms with Crippen molar-refractivity contribution in [2.45, 2.75) is 6.92 Å². The van der Waals surface area contributed by atoms with Crippen LogP contribution in [0.3, 0.4) is 0 Å². The van der Waals surface area contributed by atoms with Gasteiger partial charge in [-0.2, -0.15) is 5.10 Å². The molecule has 122 valence electrons. The second-order valence-corrected chi connectivity index (χ2v) is 6.17. The van der Waals surface area contributed by atoms with Gasteiger partial charge in [-0.3, -0.25) is 4.79 Å². The first-order chi connectivity index (χ1) is 11.6. The van der Waals surface area contributed by atoms with Gasteiger partial charge in [0.2, 0.25) is 0 Å². The highest BCUT2D eigenvalue weighted by Crippen LogP contribution is 2.21. The van der Waals surface area contributed by atoms with E-state index in [1.54, 1.807) is 24.1 Å². The molecule has 1 amide bonds. The quantitative estimate of drug-likeness (QED) is 0.731. The lowest BCUT2D eigenvalue weighted by Crippen LogP contribution is -2.14. The summed E-state index contributed by atoms with van der Waals surface area (Å²) in [4.78, 5) is 12.4. The normalized spacial score (nSPS) is 10.5. The lowest BCUT2D eigenvalue weighted by atomic mass is 10.2. The van der Waals surface area contributed by atoms with E-state index in [1.807, 2.05) is 49.4 Å². The van der Waals surface area contributed by atoms with Crippen LogP contribution in [0.4, 0.5) is 5.69 Å². The summed E-state index contributed by atoms with van der Waals surface area (Å²) in [5.41, 5.74) is 2.96. The van der Waals surface area contributed by atoms with E-state index >= 15 is 0 Å². The number of aromatic nitrogens is 2. The lowest BCUT2D eigenvalue weighted by Gasteiger charge is -2.07. The van der Waals surface area contributed by atoms with Crippen LogP contribution in [-0.4, -0.2) is 22.8 Å². The maximum Gasteiger partial charge on any atom is 0.276 e. The molecule has 24 heavy (non-hydrogen) atoms. The van der Waals surface area contributed by atoms with Crippen molar-refractivity contribution in [2.75, 3.05) is 12.4 Å². The number of nitrogens with zero attached hydrogens (tertiary/aromatic N) is 2. The van der Waals surface area contributed by atoms with Gasteiger partial charge in [0, 0.05) is 16.4 Å². The number of hydrogen-bond acceptors (Lipinski definition) is 3. The molecule has 1 heterocycles. The first-order valence-corrected chi connectivity index (χ1v) is 8.14. The summed E-state index contributed by atoms with van der Waals surface area (Å²) < 4.78 is 7.77. The SMILES string of the molecule is COc1ccc(-n2ccc(C(=O)Nc3ccc(Br)cc3C)n2)cc1. The lowest BCUT2D eigenvalue weighted by molar-refractivity contribution is 0.102. The first kappa shape index (κ1) is 16.3. The number of methoxy groups -OCH3 is 1. The van der Waals surface area contributed by atoms with E-state index in [1.165, 1.54) is 0 Å². The van der Waals surface area contributed by atoms with Crippen molar-refractivity contribution < 1.29 is 9.53 Å². The summed E-state index contributed by atoms with van der Waals surface area (Å²) in [6, 6.07) is 14.8. The Morgan fingerprint density at radius 3 is 2.58 bits per heavy atom. The summed E-state index contributed by atoms with van der Waals surface area (Å²) in [7, 11) is 1.62. The van der Waals surface area contributed by atoms with Crippen LogP contribution in [-0.2, 0) is 0 Å². The van der Waals surface area contributed by atoms with Gasteiger partial charge in [-0.25, -0.2) is 4.68 Å². The smallest absolute Gasteiger partial charge is 0.276 e. The molecule has 0 spiro atoms. The number of hydrogen-bond donors (Lipinski definition) is 1. The largest absolute Gasteiger partial charge is 0.497 e. The van der Waals surface area contributed by atoms with Gasteiger partial charge in [0.15, 0.2) is 5.69 Å². The van der Waals surface area contributed by atoms with Crippen molar-refractivity contribution in [3.05, 3.63) is 70.5 Å². The molecule has 0 fully saturated rings. The zero-order chi connectivity index (χ0) is 17.1. The molecule has 3 aromatic rings. The zero-order valence-electron chi connectivity index (χ0n) is 13.3. The number of anilines is 1. The Hall–Kier alpha value is -2.60. The molecule has 1 N–H and O–H groups in total. The molecule has 0 aliphatic heterocycles. The van der Waals surface area contributed by atoms with Crippen LogP contribution < -0.4 is 10.1 Å². The standard InChI is InChI=1S/C18H16BrN3O2/c1-12-11-13(19)3-8-16(12)20-18(23)17-9-10-22(21-17)14-4-6-15(24-2)7-5-14/h3-11H,1-2H3,(H,20,23). The van der Waals surface area contributed by atoms with Crippen LogP contribution in [0.25, 0.3) is 5.69 Å². The third-order valence-electron chi connectivity index (χ3n) is 3.60. The number of carbonyl (C=O) groups excluding carboxylic acids is 1. The van der Waals surface area contributed by atoms with Gasteiger partial charge in [0.05, 0.1) is 12.8 Å². The van der Waals surface area contributed by atoms with Crippen molar-refractivity contribution in [2.24, 2.45) is 0 Å². The molecule has 3 rings (SSSR count). The molecule has 0 aliphatic carbocycles. The van der Waals surface area contributed by atoms with Crippen LogP contribution in [0, 0.1) is 6.92 Å². The molecular weight excluding hydrogens is 370 g/mol.